The minimum absolute atomic E-state index is 0.350. The van der Waals surface area contributed by atoms with Gasteiger partial charge in [-0.3, -0.25) is 0 Å². The number of methoxy groups -OCH3 is 1. The highest BCUT2D eigenvalue weighted by Crippen LogP contribution is 2.33. The first-order chi connectivity index (χ1) is 9.60. The largest absolute Gasteiger partial charge is 0.496 e. The molecule has 1 aromatic carbocycles. The van der Waals surface area contributed by atoms with Gasteiger partial charge in [-0.05, 0) is 71.3 Å². The fraction of sp³-hybridized carbons (Fsp3) is 0.647. The van der Waals surface area contributed by atoms with Crippen molar-refractivity contribution in [2.45, 2.75) is 46.5 Å². The second-order valence-corrected chi connectivity index (χ2v) is 6.38. The van der Waals surface area contributed by atoms with Gasteiger partial charge in [-0.15, -0.1) is 0 Å². The van der Waals surface area contributed by atoms with Gasteiger partial charge in [0.15, 0.2) is 0 Å². The molecule has 3 heteroatoms. The molecule has 1 N–H and O–H groups in total. The van der Waals surface area contributed by atoms with Gasteiger partial charge >= 0.3 is 0 Å². The number of ether oxygens (including phenoxy) is 1. The third kappa shape index (κ3) is 4.78. The lowest BCUT2D eigenvalue weighted by atomic mass is 9.77. The highest BCUT2D eigenvalue weighted by molar-refractivity contribution is 9.10. The molecule has 0 fully saturated rings. The molecular formula is C17H28BrNO. The Morgan fingerprint density at radius 1 is 1.20 bits per heavy atom. The summed E-state index contributed by atoms with van der Waals surface area (Å²) in [6, 6.07) is 6.43. The summed E-state index contributed by atoms with van der Waals surface area (Å²) in [5, 5.41) is 3.60. The molecule has 2 nitrogen and oxygen atoms in total. The summed E-state index contributed by atoms with van der Waals surface area (Å²) in [5.41, 5.74) is 1.73. The first kappa shape index (κ1) is 17.5. The second kappa shape index (κ2) is 8.68. The molecule has 0 radical (unpaired) electrons. The maximum absolute atomic E-state index is 5.30. The summed E-state index contributed by atoms with van der Waals surface area (Å²) in [5.74, 6) is 0.899. The molecule has 0 heterocycles. The van der Waals surface area contributed by atoms with Crippen LogP contribution < -0.4 is 10.1 Å². The molecule has 0 aromatic heterocycles. The van der Waals surface area contributed by atoms with E-state index in [-0.39, 0.29) is 0 Å². The van der Waals surface area contributed by atoms with Crippen LogP contribution in [0.2, 0.25) is 0 Å². The van der Waals surface area contributed by atoms with Gasteiger partial charge in [-0.2, -0.15) is 0 Å². The Labute approximate surface area is 132 Å². The van der Waals surface area contributed by atoms with E-state index in [9.17, 15) is 0 Å². The zero-order valence-electron chi connectivity index (χ0n) is 13.3. The van der Waals surface area contributed by atoms with E-state index in [0.29, 0.717) is 5.41 Å². The summed E-state index contributed by atoms with van der Waals surface area (Å²) >= 11 is 3.58. The predicted octanol–water partition coefficient (Wildman–Crippen LogP) is 4.81. The molecule has 0 bridgehead atoms. The van der Waals surface area contributed by atoms with E-state index in [1.54, 1.807) is 7.11 Å². The van der Waals surface area contributed by atoms with Crippen molar-refractivity contribution >= 4 is 15.9 Å². The highest BCUT2D eigenvalue weighted by atomic mass is 79.9. The van der Waals surface area contributed by atoms with E-state index >= 15 is 0 Å². The maximum Gasteiger partial charge on any atom is 0.133 e. The molecule has 20 heavy (non-hydrogen) atoms. The maximum atomic E-state index is 5.30. The van der Waals surface area contributed by atoms with Crippen LogP contribution in [-0.4, -0.2) is 20.2 Å². The van der Waals surface area contributed by atoms with Crippen LogP contribution in [0.25, 0.3) is 0 Å². The summed E-state index contributed by atoms with van der Waals surface area (Å²) < 4.78 is 6.34. The van der Waals surface area contributed by atoms with E-state index in [1.807, 2.05) is 0 Å². The van der Waals surface area contributed by atoms with Gasteiger partial charge in [-0.25, -0.2) is 0 Å². The molecular weight excluding hydrogens is 314 g/mol. The van der Waals surface area contributed by atoms with E-state index in [0.717, 1.165) is 29.7 Å². The normalized spacial score (nSPS) is 11.7. The first-order valence-electron chi connectivity index (χ1n) is 7.64. The molecule has 1 rings (SSSR count). The second-order valence-electron chi connectivity index (χ2n) is 5.53. The highest BCUT2D eigenvalue weighted by Gasteiger charge is 2.26. The fourth-order valence-corrected chi connectivity index (χ4v) is 3.18. The lowest BCUT2D eigenvalue weighted by Crippen LogP contribution is -2.35. The molecule has 1 aromatic rings. The lowest BCUT2D eigenvalue weighted by molar-refractivity contribution is 0.247. The van der Waals surface area contributed by atoms with Gasteiger partial charge < -0.3 is 10.1 Å². The Bertz CT molecular complexity index is 402. The number of hydrogen-bond acceptors (Lipinski definition) is 2. The number of halogens is 1. The van der Waals surface area contributed by atoms with E-state index < -0.39 is 0 Å². The quantitative estimate of drug-likeness (QED) is 0.651. The van der Waals surface area contributed by atoms with Crippen LogP contribution in [0.4, 0.5) is 0 Å². The van der Waals surface area contributed by atoms with Gasteiger partial charge in [-0.1, -0.05) is 26.8 Å². The lowest BCUT2D eigenvalue weighted by Gasteiger charge is -2.32. The van der Waals surface area contributed by atoms with Crippen LogP contribution in [0.15, 0.2) is 22.7 Å². The molecule has 0 spiro atoms. The molecule has 0 aliphatic heterocycles. The molecule has 114 valence electrons. The van der Waals surface area contributed by atoms with Crippen LogP contribution in [0.3, 0.4) is 0 Å². The van der Waals surface area contributed by atoms with Crippen LogP contribution >= 0.6 is 15.9 Å². The Morgan fingerprint density at radius 2 is 1.90 bits per heavy atom. The van der Waals surface area contributed by atoms with Crippen molar-refractivity contribution in [2.75, 3.05) is 20.2 Å². The molecule has 0 unspecified atom stereocenters. The molecule has 0 aliphatic carbocycles. The molecule has 0 amide bonds. The molecule has 0 atom stereocenters. The van der Waals surface area contributed by atoms with Gasteiger partial charge in [0.25, 0.3) is 0 Å². The Balaban J connectivity index is 2.81. The summed E-state index contributed by atoms with van der Waals surface area (Å²) in [7, 11) is 1.71. The van der Waals surface area contributed by atoms with Crippen molar-refractivity contribution in [1.82, 2.24) is 5.32 Å². The average Bonchev–Trinajstić information content (AvgIpc) is 2.46. The first-order valence-corrected chi connectivity index (χ1v) is 8.43. The Kier molecular flexibility index (Phi) is 7.60. The zero-order chi connectivity index (χ0) is 15.0. The van der Waals surface area contributed by atoms with Crippen LogP contribution in [0, 0.1) is 5.41 Å². The topological polar surface area (TPSA) is 21.3 Å². The number of rotatable bonds is 9. The minimum Gasteiger partial charge on any atom is -0.496 e. The standard InChI is InChI=1S/C17H28BrNO/c1-5-10-19-13-17(6-2,7-3)12-14-8-9-16(20-4)15(18)11-14/h8-9,11,19H,5-7,10,12-13H2,1-4H3. The van der Waals surface area contributed by atoms with Crippen molar-refractivity contribution in [2.24, 2.45) is 5.41 Å². The summed E-state index contributed by atoms with van der Waals surface area (Å²) in [4.78, 5) is 0. The smallest absolute Gasteiger partial charge is 0.133 e. The minimum atomic E-state index is 0.350. The zero-order valence-corrected chi connectivity index (χ0v) is 14.8. The summed E-state index contributed by atoms with van der Waals surface area (Å²) in [6.45, 7) is 9.02. The van der Waals surface area contributed by atoms with Gasteiger partial charge in [0.1, 0.15) is 5.75 Å². The fourth-order valence-electron chi connectivity index (χ4n) is 2.60. The molecule has 0 saturated carbocycles. The molecule has 0 aliphatic rings. The van der Waals surface area contributed by atoms with Gasteiger partial charge in [0.05, 0.1) is 11.6 Å². The van der Waals surface area contributed by atoms with Crippen molar-refractivity contribution < 1.29 is 4.74 Å². The van der Waals surface area contributed by atoms with Gasteiger partial charge in [0.2, 0.25) is 0 Å². The Hall–Kier alpha value is -0.540. The third-order valence-electron chi connectivity index (χ3n) is 4.22. The van der Waals surface area contributed by atoms with Crippen molar-refractivity contribution in [3.8, 4) is 5.75 Å². The van der Waals surface area contributed by atoms with Crippen LogP contribution in [0.1, 0.15) is 45.6 Å². The van der Waals surface area contributed by atoms with E-state index in [4.69, 9.17) is 4.74 Å². The van der Waals surface area contributed by atoms with Crippen LogP contribution in [-0.2, 0) is 6.42 Å². The van der Waals surface area contributed by atoms with Gasteiger partial charge in [0, 0.05) is 6.54 Å². The van der Waals surface area contributed by atoms with Crippen LogP contribution in [0.5, 0.6) is 5.75 Å². The number of benzene rings is 1. The number of nitrogens with one attached hydrogen (secondary N) is 1. The SMILES string of the molecule is CCCNCC(CC)(CC)Cc1ccc(OC)c(Br)c1. The number of hydrogen-bond donors (Lipinski definition) is 1. The van der Waals surface area contributed by atoms with E-state index in [1.165, 1.54) is 24.8 Å². The Morgan fingerprint density at radius 3 is 2.40 bits per heavy atom. The average molecular weight is 342 g/mol. The third-order valence-corrected chi connectivity index (χ3v) is 4.84. The predicted molar refractivity (Wildman–Crippen MR) is 90.6 cm³/mol. The molecule has 0 saturated heterocycles. The van der Waals surface area contributed by atoms with Crippen molar-refractivity contribution in [1.29, 1.82) is 0 Å². The van der Waals surface area contributed by atoms with Crippen molar-refractivity contribution in [3.05, 3.63) is 28.2 Å². The van der Waals surface area contributed by atoms with Crippen molar-refractivity contribution in [3.63, 3.8) is 0 Å². The summed E-state index contributed by atoms with van der Waals surface area (Å²) in [6.07, 6.45) is 4.70. The monoisotopic (exact) mass is 341 g/mol. The van der Waals surface area contributed by atoms with E-state index in [2.05, 4.69) is 60.2 Å².